The summed E-state index contributed by atoms with van der Waals surface area (Å²) in [5.41, 5.74) is 8.40. The molecular weight excluding hydrogens is 240 g/mol. The molecule has 14 heavy (non-hydrogen) atoms. The van der Waals surface area contributed by atoms with Gasteiger partial charge in [-0.25, -0.2) is 0 Å². The van der Waals surface area contributed by atoms with E-state index in [0.29, 0.717) is 0 Å². The minimum absolute atomic E-state index is 0.0640. The van der Waals surface area contributed by atoms with Gasteiger partial charge in [0.05, 0.1) is 5.54 Å². The second kappa shape index (κ2) is 2.61. The Kier molecular flexibility index (Phi) is 1.59. The lowest BCUT2D eigenvalue weighted by Crippen LogP contribution is -2.18. The number of halogens is 1. The number of aromatic nitrogens is 1. The van der Waals surface area contributed by atoms with E-state index in [1.165, 1.54) is 16.6 Å². The second-order valence-electron chi connectivity index (χ2n) is 4.07. The van der Waals surface area contributed by atoms with Gasteiger partial charge in [0.2, 0.25) is 0 Å². The molecule has 3 heteroatoms. The van der Waals surface area contributed by atoms with Crippen molar-refractivity contribution in [1.82, 2.24) is 4.98 Å². The monoisotopic (exact) mass is 250 g/mol. The third kappa shape index (κ3) is 1.20. The Morgan fingerprint density at radius 1 is 1.29 bits per heavy atom. The predicted octanol–water partition coefficient (Wildman–Crippen LogP) is 2.88. The third-order valence-electron chi connectivity index (χ3n) is 2.91. The van der Waals surface area contributed by atoms with Crippen molar-refractivity contribution in [2.75, 3.05) is 0 Å². The maximum Gasteiger partial charge on any atom is 0.0563 e. The largest absolute Gasteiger partial charge is 0.357 e. The third-order valence-corrected chi connectivity index (χ3v) is 3.40. The van der Waals surface area contributed by atoms with E-state index in [9.17, 15) is 0 Å². The van der Waals surface area contributed by atoms with E-state index in [1.807, 2.05) is 6.07 Å². The highest BCUT2D eigenvalue weighted by Crippen LogP contribution is 2.43. The van der Waals surface area contributed by atoms with Gasteiger partial charge in [-0.15, -0.1) is 0 Å². The lowest BCUT2D eigenvalue weighted by atomic mass is 10.2. The highest BCUT2D eigenvalue weighted by molar-refractivity contribution is 9.10. The molecule has 1 saturated carbocycles. The van der Waals surface area contributed by atoms with E-state index >= 15 is 0 Å². The number of aromatic amines is 1. The van der Waals surface area contributed by atoms with Gasteiger partial charge >= 0.3 is 0 Å². The van der Waals surface area contributed by atoms with Crippen molar-refractivity contribution in [2.45, 2.75) is 18.4 Å². The summed E-state index contributed by atoms with van der Waals surface area (Å²) in [6, 6.07) is 8.39. The van der Waals surface area contributed by atoms with Crippen LogP contribution in [0, 0.1) is 0 Å². The Balaban J connectivity index is 2.20. The minimum Gasteiger partial charge on any atom is -0.357 e. The number of hydrogen-bond acceptors (Lipinski definition) is 1. The topological polar surface area (TPSA) is 41.8 Å². The smallest absolute Gasteiger partial charge is 0.0563 e. The van der Waals surface area contributed by atoms with Crippen LogP contribution >= 0.6 is 15.9 Å². The molecule has 1 heterocycles. The first-order chi connectivity index (χ1) is 6.67. The van der Waals surface area contributed by atoms with Gasteiger partial charge in [0.15, 0.2) is 0 Å². The zero-order chi connectivity index (χ0) is 9.76. The molecule has 3 N–H and O–H groups in total. The number of benzene rings is 1. The van der Waals surface area contributed by atoms with Crippen molar-refractivity contribution < 1.29 is 0 Å². The van der Waals surface area contributed by atoms with E-state index < -0.39 is 0 Å². The molecule has 0 aliphatic heterocycles. The van der Waals surface area contributed by atoms with Gasteiger partial charge in [0.25, 0.3) is 0 Å². The molecule has 2 aromatic rings. The molecule has 3 rings (SSSR count). The molecule has 0 amide bonds. The average Bonchev–Trinajstić information content (AvgIpc) is 2.77. The molecule has 1 aliphatic rings. The van der Waals surface area contributed by atoms with Crippen LogP contribution in [0.3, 0.4) is 0 Å². The van der Waals surface area contributed by atoms with Crippen LogP contribution in [0.2, 0.25) is 0 Å². The van der Waals surface area contributed by atoms with E-state index in [0.717, 1.165) is 17.3 Å². The molecule has 1 aromatic carbocycles. The fraction of sp³-hybridized carbons (Fsp3) is 0.273. The molecule has 1 aliphatic carbocycles. The summed E-state index contributed by atoms with van der Waals surface area (Å²) in [6.07, 6.45) is 2.20. The Hall–Kier alpha value is -0.800. The molecule has 0 saturated heterocycles. The van der Waals surface area contributed by atoms with Gasteiger partial charge < -0.3 is 10.7 Å². The zero-order valence-corrected chi connectivity index (χ0v) is 9.26. The predicted molar refractivity (Wildman–Crippen MR) is 61.1 cm³/mol. The summed E-state index contributed by atoms with van der Waals surface area (Å²) in [7, 11) is 0. The van der Waals surface area contributed by atoms with E-state index in [-0.39, 0.29) is 5.54 Å². The van der Waals surface area contributed by atoms with Gasteiger partial charge in [-0.2, -0.15) is 0 Å². The molecular formula is C11H11BrN2. The van der Waals surface area contributed by atoms with Crippen molar-refractivity contribution in [3.63, 3.8) is 0 Å². The molecule has 0 radical (unpaired) electrons. The maximum atomic E-state index is 6.13. The highest BCUT2D eigenvalue weighted by atomic mass is 79.9. The normalized spacial score (nSPS) is 18.7. The molecule has 1 fully saturated rings. The first-order valence-corrected chi connectivity index (χ1v) is 5.54. The van der Waals surface area contributed by atoms with E-state index in [1.54, 1.807) is 0 Å². The van der Waals surface area contributed by atoms with Crippen molar-refractivity contribution in [3.8, 4) is 0 Å². The summed E-state index contributed by atoms with van der Waals surface area (Å²) in [4.78, 5) is 3.38. The number of H-pyrrole nitrogens is 1. The van der Waals surface area contributed by atoms with E-state index in [4.69, 9.17) is 5.73 Å². The van der Waals surface area contributed by atoms with Crippen LogP contribution in [0.25, 0.3) is 10.9 Å². The Bertz CT molecular complexity index is 497. The SMILES string of the molecule is NC1(c2cc3cc(Br)ccc3[nH]2)CC1. The van der Waals surface area contributed by atoms with Gasteiger partial charge in [-0.1, -0.05) is 15.9 Å². The van der Waals surface area contributed by atoms with E-state index in [2.05, 4.69) is 39.1 Å². The minimum atomic E-state index is -0.0640. The summed E-state index contributed by atoms with van der Waals surface area (Å²) in [5, 5.41) is 1.23. The van der Waals surface area contributed by atoms with Crippen LogP contribution in [-0.2, 0) is 5.54 Å². The van der Waals surface area contributed by atoms with Gasteiger partial charge in [-0.05, 0) is 37.1 Å². The molecule has 72 valence electrons. The standard InChI is InChI=1S/C11H11BrN2/c12-8-1-2-9-7(5-8)6-10(14-9)11(13)3-4-11/h1-2,5-6,14H,3-4,13H2. The molecule has 0 bridgehead atoms. The van der Waals surface area contributed by atoms with Crippen LogP contribution in [-0.4, -0.2) is 4.98 Å². The molecule has 1 aromatic heterocycles. The fourth-order valence-electron chi connectivity index (χ4n) is 1.78. The average molecular weight is 251 g/mol. The summed E-state index contributed by atoms with van der Waals surface area (Å²) in [6.45, 7) is 0. The van der Waals surface area contributed by atoms with Crippen LogP contribution in [0.1, 0.15) is 18.5 Å². The maximum absolute atomic E-state index is 6.13. The van der Waals surface area contributed by atoms with Crippen LogP contribution < -0.4 is 5.73 Å². The summed E-state index contributed by atoms with van der Waals surface area (Å²) in [5.74, 6) is 0. The Morgan fingerprint density at radius 2 is 2.07 bits per heavy atom. The van der Waals surface area contributed by atoms with Crippen LogP contribution in [0.4, 0.5) is 0 Å². The van der Waals surface area contributed by atoms with Gasteiger partial charge in [-0.3, -0.25) is 0 Å². The highest BCUT2D eigenvalue weighted by Gasteiger charge is 2.41. The zero-order valence-electron chi connectivity index (χ0n) is 7.68. The van der Waals surface area contributed by atoms with Crippen LogP contribution in [0.5, 0.6) is 0 Å². The first-order valence-electron chi connectivity index (χ1n) is 4.75. The van der Waals surface area contributed by atoms with Crippen molar-refractivity contribution in [3.05, 3.63) is 34.4 Å². The van der Waals surface area contributed by atoms with Gasteiger partial charge in [0.1, 0.15) is 0 Å². The fourth-order valence-corrected chi connectivity index (χ4v) is 2.15. The number of rotatable bonds is 1. The first kappa shape index (κ1) is 8.50. The number of hydrogen-bond donors (Lipinski definition) is 2. The molecule has 0 spiro atoms. The molecule has 2 nitrogen and oxygen atoms in total. The van der Waals surface area contributed by atoms with Crippen molar-refractivity contribution >= 4 is 26.8 Å². The molecule has 0 unspecified atom stereocenters. The lowest BCUT2D eigenvalue weighted by molar-refractivity contribution is 0.717. The summed E-state index contributed by atoms with van der Waals surface area (Å²) < 4.78 is 1.11. The number of nitrogens with one attached hydrogen (secondary N) is 1. The van der Waals surface area contributed by atoms with Crippen LogP contribution in [0.15, 0.2) is 28.7 Å². The van der Waals surface area contributed by atoms with Crippen molar-refractivity contribution in [2.24, 2.45) is 5.73 Å². The quantitative estimate of drug-likeness (QED) is 0.803. The second-order valence-corrected chi connectivity index (χ2v) is 4.99. The summed E-state index contributed by atoms with van der Waals surface area (Å²) >= 11 is 3.46. The van der Waals surface area contributed by atoms with Crippen molar-refractivity contribution in [1.29, 1.82) is 0 Å². The number of nitrogens with two attached hydrogens (primary N) is 1. The Morgan fingerprint density at radius 3 is 2.79 bits per heavy atom. The Labute approximate surface area is 90.6 Å². The van der Waals surface area contributed by atoms with Gasteiger partial charge in [0, 0.05) is 21.1 Å². The molecule has 0 atom stereocenters. The lowest BCUT2D eigenvalue weighted by Gasteiger charge is -2.03. The number of fused-ring (bicyclic) bond motifs is 1.